The average molecular weight is 324 g/mol. The zero-order chi connectivity index (χ0) is 16.9. The van der Waals surface area contributed by atoms with E-state index in [0.717, 1.165) is 22.7 Å². The molecule has 6 heteroatoms. The number of benzene rings is 2. The molecule has 0 unspecified atom stereocenters. The molecule has 0 aliphatic rings. The van der Waals surface area contributed by atoms with Crippen LogP contribution in [0.15, 0.2) is 48.5 Å². The molecule has 0 bridgehead atoms. The Morgan fingerprint density at radius 2 is 2.04 bits per heavy atom. The maximum absolute atomic E-state index is 11.8. The standard InChI is InChI=1S/C18H20N4O2/c1-19-17(23)13-6-5-7-14(12-13)20-18-21-15-8-3-4-9-16(15)22(18)10-11-24-2/h3-9,12H,10-11H2,1-2H3,(H,19,23)(H,20,21). The van der Waals surface area contributed by atoms with E-state index >= 15 is 0 Å². The topological polar surface area (TPSA) is 68.2 Å². The minimum absolute atomic E-state index is 0.119. The van der Waals surface area contributed by atoms with E-state index in [2.05, 4.69) is 20.2 Å². The lowest BCUT2D eigenvalue weighted by Gasteiger charge is -2.11. The molecule has 3 aromatic rings. The maximum atomic E-state index is 11.8. The van der Waals surface area contributed by atoms with Crippen molar-refractivity contribution in [1.82, 2.24) is 14.9 Å². The normalized spacial score (nSPS) is 10.8. The number of aromatic nitrogens is 2. The van der Waals surface area contributed by atoms with E-state index in [0.29, 0.717) is 18.7 Å². The fraction of sp³-hybridized carbons (Fsp3) is 0.222. The van der Waals surface area contributed by atoms with Crippen molar-refractivity contribution in [2.45, 2.75) is 6.54 Å². The number of ether oxygens (including phenoxy) is 1. The molecule has 1 amide bonds. The van der Waals surface area contributed by atoms with Gasteiger partial charge in [0, 0.05) is 32.0 Å². The van der Waals surface area contributed by atoms with Crippen molar-refractivity contribution in [3.63, 3.8) is 0 Å². The van der Waals surface area contributed by atoms with Gasteiger partial charge in [-0.05, 0) is 30.3 Å². The van der Waals surface area contributed by atoms with Crippen molar-refractivity contribution in [3.05, 3.63) is 54.1 Å². The number of nitrogens with one attached hydrogen (secondary N) is 2. The number of carbonyl (C=O) groups is 1. The van der Waals surface area contributed by atoms with Crippen molar-refractivity contribution < 1.29 is 9.53 Å². The Balaban J connectivity index is 1.96. The fourth-order valence-electron chi connectivity index (χ4n) is 2.59. The van der Waals surface area contributed by atoms with Crippen LogP contribution >= 0.6 is 0 Å². The van der Waals surface area contributed by atoms with Gasteiger partial charge in [-0.2, -0.15) is 0 Å². The number of rotatable bonds is 6. The molecule has 0 spiro atoms. The Bertz CT molecular complexity index is 857. The summed E-state index contributed by atoms with van der Waals surface area (Å²) in [6.45, 7) is 1.28. The minimum Gasteiger partial charge on any atom is -0.383 e. The number of fused-ring (bicyclic) bond motifs is 1. The second-order valence-corrected chi connectivity index (χ2v) is 5.35. The zero-order valence-corrected chi connectivity index (χ0v) is 13.7. The molecular weight excluding hydrogens is 304 g/mol. The van der Waals surface area contributed by atoms with Gasteiger partial charge in [-0.15, -0.1) is 0 Å². The molecule has 0 saturated heterocycles. The van der Waals surface area contributed by atoms with Crippen LogP contribution in [0.25, 0.3) is 11.0 Å². The third-order valence-electron chi connectivity index (χ3n) is 3.78. The first-order valence-electron chi connectivity index (χ1n) is 7.76. The van der Waals surface area contributed by atoms with Crippen LogP contribution in [0.3, 0.4) is 0 Å². The number of anilines is 2. The number of hydrogen-bond acceptors (Lipinski definition) is 4. The number of imidazole rings is 1. The van der Waals surface area contributed by atoms with Crippen LogP contribution in [0, 0.1) is 0 Å². The highest BCUT2D eigenvalue weighted by Crippen LogP contribution is 2.23. The average Bonchev–Trinajstić information content (AvgIpc) is 2.96. The van der Waals surface area contributed by atoms with Gasteiger partial charge in [0.05, 0.1) is 17.6 Å². The second kappa shape index (κ2) is 7.14. The number of methoxy groups -OCH3 is 1. The van der Waals surface area contributed by atoms with E-state index in [1.165, 1.54) is 0 Å². The number of carbonyl (C=O) groups excluding carboxylic acids is 1. The van der Waals surface area contributed by atoms with Gasteiger partial charge in [-0.25, -0.2) is 4.98 Å². The lowest BCUT2D eigenvalue weighted by atomic mass is 10.2. The molecule has 0 radical (unpaired) electrons. The Kier molecular flexibility index (Phi) is 4.77. The van der Waals surface area contributed by atoms with Gasteiger partial charge in [0.15, 0.2) is 0 Å². The molecule has 0 fully saturated rings. The van der Waals surface area contributed by atoms with Gasteiger partial charge in [0.2, 0.25) is 5.95 Å². The summed E-state index contributed by atoms with van der Waals surface area (Å²) < 4.78 is 7.28. The highest BCUT2D eigenvalue weighted by molar-refractivity contribution is 5.95. The van der Waals surface area contributed by atoms with Crippen molar-refractivity contribution in [2.75, 3.05) is 26.1 Å². The number of amides is 1. The van der Waals surface area contributed by atoms with Crippen LogP contribution in [0.5, 0.6) is 0 Å². The summed E-state index contributed by atoms with van der Waals surface area (Å²) in [7, 11) is 3.30. The molecular formula is C18H20N4O2. The summed E-state index contributed by atoms with van der Waals surface area (Å²) in [4.78, 5) is 16.4. The Labute approximate surface area is 140 Å². The molecule has 2 N–H and O–H groups in total. The molecule has 6 nitrogen and oxygen atoms in total. The molecule has 3 rings (SSSR count). The van der Waals surface area contributed by atoms with Gasteiger partial charge in [0.25, 0.3) is 5.91 Å². The highest BCUT2D eigenvalue weighted by atomic mass is 16.5. The van der Waals surface area contributed by atoms with Gasteiger partial charge in [-0.3, -0.25) is 4.79 Å². The van der Waals surface area contributed by atoms with Crippen LogP contribution in [0.1, 0.15) is 10.4 Å². The van der Waals surface area contributed by atoms with E-state index in [9.17, 15) is 4.79 Å². The lowest BCUT2D eigenvalue weighted by Crippen LogP contribution is -2.17. The van der Waals surface area contributed by atoms with Crippen LogP contribution < -0.4 is 10.6 Å². The first-order valence-corrected chi connectivity index (χ1v) is 7.76. The predicted octanol–water partition coefficient (Wildman–Crippen LogP) is 2.79. The molecule has 2 aromatic carbocycles. The molecule has 0 aliphatic heterocycles. The van der Waals surface area contributed by atoms with Gasteiger partial charge < -0.3 is 19.9 Å². The lowest BCUT2D eigenvalue weighted by molar-refractivity contribution is 0.0963. The van der Waals surface area contributed by atoms with Crippen molar-refractivity contribution >= 4 is 28.6 Å². The van der Waals surface area contributed by atoms with Gasteiger partial charge in [-0.1, -0.05) is 18.2 Å². The smallest absolute Gasteiger partial charge is 0.251 e. The number of para-hydroxylation sites is 2. The largest absolute Gasteiger partial charge is 0.383 e. The Morgan fingerprint density at radius 1 is 1.21 bits per heavy atom. The van der Waals surface area contributed by atoms with Crippen molar-refractivity contribution in [1.29, 1.82) is 0 Å². The number of hydrogen-bond donors (Lipinski definition) is 2. The SMILES string of the molecule is CNC(=O)c1cccc(Nc2nc3ccccc3n2CCOC)c1. The van der Waals surface area contributed by atoms with Gasteiger partial charge >= 0.3 is 0 Å². The predicted molar refractivity (Wildman–Crippen MR) is 94.7 cm³/mol. The van der Waals surface area contributed by atoms with E-state index in [4.69, 9.17) is 4.74 Å². The van der Waals surface area contributed by atoms with Crippen molar-refractivity contribution in [2.24, 2.45) is 0 Å². The van der Waals surface area contributed by atoms with Gasteiger partial charge in [0.1, 0.15) is 0 Å². The summed E-state index contributed by atoms with van der Waals surface area (Å²) in [6.07, 6.45) is 0. The van der Waals surface area contributed by atoms with E-state index in [1.807, 2.05) is 36.4 Å². The Morgan fingerprint density at radius 3 is 2.83 bits per heavy atom. The molecule has 0 aliphatic carbocycles. The minimum atomic E-state index is -0.119. The zero-order valence-electron chi connectivity index (χ0n) is 13.7. The highest BCUT2D eigenvalue weighted by Gasteiger charge is 2.11. The quantitative estimate of drug-likeness (QED) is 0.731. The van der Waals surface area contributed by atoms with Crippen LogP contribution in [0.2, 0.25) is 0 Å². The van der Waals surface area contributed by atoms with Crippen molar-refractivity contribution in [3.8, 4) is 0 Å². The van der Waals surface area contributed by atoms with Crippen LogP contribution in [0.4, 0.5) is 11.6 Å². The van der Waals surface area contributed by atoms with E-state index in [1.54, 1.807) is 26.3 Å². The summed E-state index contributed by atoms with van der Waals surface area (Å²) in [5.41, 5.74) is 3.37. The molecule has 0 saturated carbocycles. The van der Waals surface area contributed by atoms with Crippen LogP contribution in [-0.4, -0.2) is 36.2 Å². The summed E-state index contributed by atoms with van der Waals surface area (Å²) in [5.74, 6) is 0.605. The molecule has 0 atom stereocenters. The monoisotopic (exact) mass is 324 g/mol. The number of nitrogens with zero attached hydrogens (tertiary/aromatic N) is 2. The first-order chi connectivity index (χ1) is 11.7. The summed E-state index contributed by atoms with van der Waals surface area (Å²) in [5, 5.41) is 5.94. The molecule has 1 heterocycles. The molecule has 24 heavy (non-hydrogen) atoms. The van der Waals surface area contributed by atoms with E-state index in [-0.39, 0.29) is 5.91 Å². The molecule has 124 valence electrons. The first kappa shape index (κ1) is 16.0. The third-order valence-corrected chi connectivity index (χ3v) is 3.78. The van der Waals surface area contributed by atoms with E-state index < -0.39 is 0 Å². The maximum Gasteiger partial charge on any atom is 0.251 e. The second-order valence-electron chi connectivity index (χ2n) is 5.35. The fourth-order valence-corrected chi connectivity index (χ4v) is 2.59. The van der Waals surface area contributed by atoms with Crippen LogP contribution in [-0.2, 0) is 11.3 Å². The summed E-state index contributed by atoms with van der Waals surface area (Å²) >= 11 is 0. The third kappa shape index (κ3) is 3.23. The molecule has 1 aromatic heterocycles. The summed E-state index contributed by atoms with van der Waals surface area (Å²) in [6, 6.07) is 15.3. The Hall–Kier alpha value is -2.86.